The van der Waals surface area contributed by atoms with Crippen LogP contribution in [0.3, 0.4) is 0 Å². The largest absolute Gasteiger partial charge is 0.493 e. The first kappa shape index (κ1) is 24.6. The fraction of sp³-hybridized carbons (Fsp3) is 0.0870. The molecule has 7 nitrogen and oxygen atoms in total. The monoisotopic (exact) mass is 549 g/mol. The molecule has 0 aliphatic rings. The number of hydrogen-bond acceptors (Lipinski definition) is 5. The minimum Gasteiger partial charge on any atom is -0.493 e. The Morgan fingerprint density at radius 3 is 2.48 bits per heavy atom. The number of methoxy groups -OCH3 is 1. The summed E-state index contributed by atoms with van der Waals surface area (Å²) in [6, 6.07) is 17.1. The first-order valence-electron chi connectivity index (χ1n) is 9.51. The van der Waals surface area contributed by atoms with Crippen molar-refractivity contribution in [1.29, 1.82) is 0 Å². The highest BCUT2D eigenvalue weighted by Gasteiger charge is 2.14. The minimum absolute atomic E-state index is 0.251. The van der Waals surface area contributed by atoms with Gasteiger partial charge in [0, 0.05) is 21.3 Å². The van der Waals surface area contributed by atoms with Crippen molar-refractivity contribution in [2.24, 2.45) is 5.10 Å². The van der Waals surface area contributed by atoms with Gasteiger partial charge >= 0.3 is 11.8 Å². The molecule has 0 spiro atoms. The summed E-state index contributed by atoms with van der Waals surface area (Å²) >= 11 is 15.4. The minimum atomic E-state index is -0.924. The quantitative estimate of drug-likeness (QED) is 0.233. The van der Waals surface area contributed by atoms with Crippen molar-refractivity contribution < 1.29 is 19.1 Å². The molecule has 2 amide bonds. The van der Waals surface area contributed by atoms with Crippen LogP contribution in [0.15, 0.2) is 70.2 Å². The summed E-state index contributed by atoms with van der Waals surface area (Å²) in [6.07, 6.45) is 1.37. The van der Waals surface area contributed by atoms with E-state index in [0.717, 1.165) is 5.56 Å². The van der Waals surface area contributed by atoms with Gasteiger partial charge in [-0.25, -0.2) is 5.43 Å². The van der Waals surface area contributed by atoms with Crippen LogP contribution in [0.1, 0.15) is 11.1 Å². The number of nitrogens with zero attached hydrogens (tertiary/aromatic N) is 1. The Bertz CT molecular complexity index is 1190. The average molecular weight is 551 g/mol. The summed E-state index contributed by atoms with van der Waals surface area (Å²) in [5, 5.41) is 7.40. The van der Waals surface area contributed by atoms with Gasteiger partial charge in [-0.2, -0.15) is 5.10 Å². The Kier molecular flexibility index (Phi) is 8.71. The highest BCUT2D eigenvalue weighted by atomic mass is 79.9. The van der Waals surface area contributed by atoms with Crippen molar-refractivity contribution in [2.75, 3.05) is 12.4 Å². The van der Waals surface area contributed by atoms with Crippen LogP contribution in [-0.2, 0) is 16.2 Å². The standard InChI is InChI=1S/C23H18BrCl2N3O4/c1-32-20-11-14(10-18(24)21(20)33-13-15-4-2-3-5-19(15)26)12-27-29-23(31)22(30)28-17-8-6-16(25)7-9-17/h2-12H,13H2,1H3,(H,28,30)(H,29,31). The molecule has 0 unspecified atom stereocenters. The van der Waals surface area contributed by atoms with Crippen LogP contribution in [0.2, 0.25) is 10.0 Å². The maximum absolute atomic E-state index is 12.0. The number of ether oxygens (including phenoxy) is 2. The Hall–Kier alpha value is -3.07. The van der Waals surface area contributed by atoms with Crippen LogP contribution in [0, 0.1) is 0 Å². The van der Waals surface area contributed by atoms with E-state index >= 15 is 0 Å². The normalized spacial score (nSPS) is 10.7. The zero-order valence-electron chi connectivity index (χ0n) is 17.3. The summed E-state index contributed by atoms with van der Waals surface area (Å²) in [7, 11) is 1.51. The second-order valence-electron chi connectivity index (χ2n) is 6.57. The van der Waals surface area contributed by atoms with E-state index in [4.69, 9.17) is 32.7 Å². The molecular weight excluding hydrogens is 533 g/mol. The fourth-order valence-electron chi connectivity index (χ4n) is 2.66. The number of carbonyl (C=O) groups is 2. The third-order valence-electron chi connectivity index (χ3n) is 4.27. The number of benzene rings is 3. The molecule has 33 heavy (non-hydrogen) atoms. The van der Waals surface area contributed by atoms with Crippen LogP contribution in [0.25, 0.3) is 0 Å². The summed E-state index contributed by atoms with van der Waals surface area (Å²) in [4.78, 5) is 23.9. The molecule has 0 bridgehead atoms. The van der Waals surface area contributed by atoms with Gasteiger partial charge in [-0.15, -0.1) is 0 Å². The van der Waals surface area contributed by atoms with E-state index in [0.29, 0.717) is 37.3 Å². The number of nitrogens with one attached hydrogen (secondary N) is 2. The number of amides is 2. The molecule has 3 aromatic rings. The molecule has 10 heteroatoms. The van der Waals surface area contributed by atoms with Crippen molar-refractivity contribution in [2.45, 2.75) is 6.61 Å². The lowest BCUT2D eigenvalue weighted by Gasteiger charge is -2.14. The van der Waals surface area contributed by atoms with Crippen LogP contribution in [0.5, 0.6) is 11.5 Å². The lowest BCUT2D eigenvalue weighted by molar-refractivity contribution is -0.136. The third kappa shape index (κ3) is 6.95. The van der Waals surface area contributed by atoms with E-state index in [1.807, 2.05) is 18.2 Å². The molecule has 170 valence electrons. The van der Waals surface area contributed by atoms with Gasteiger partial charge in [-0.05, 0) is 64.0 Å². The lowest BCUT2D eigenvalue weighted by atomic mass is 10.2. The van der Waals surface area contributed by atoms with E-state index in [-0.39, 0.29) is 6.61 Å². The maximum Gasteiger partial charge on any atom is 0.329 e. The van der Waals surface area contributed by atoms with E-state index in [2.05, 4.69) is 31.8 Å². The highest BCUT2D eigenvalue weighted by molar-refractivity contribution is 9.10. The smallest absolute Gasteiger partial charge is 0.329 e. The third-order valence-corrected chi connectivity index (χ3v) is 5.48. The van der Waals surface area contributed by atoms with Crippen molar-refractivity contribution in [3.05, 3.63) is 86.3 Å². The molecule has 0 saturated carbocycles. The molecule has 0 radical (unpaired) electrons. The van der Waals surface area contributed by atoms with Crippen LogP contribution in [-0.4, -0.2) is 25.1 Å². The van der Waals surface area contributed by atoms with E-state index < -0.39 is 11.8 Å². The van der Waals surface area contributed by atoms with Gasteiger partial charge in [0.1, 0.15) is 6.61 Å². The summed E-state index contributed by atoms with van der Waals surface area (Å²) < 4.78 is 11.9. The molecule has 2 N–H and O–H groups in total. The summed E-state index contributed by atoms with van der Waals surface area (Å²) in [5.74, 6) is -0.853. The Morgan fingerprint density at radius 2 is 1.79 bits per heavy atom. The lowest BCUT2D eigenvalue weighted by Crippen LogP contribution is -2.32. The highest BCUT2D eigenvalue weighted by Crippen LogP contribution is 2.37. The average Bonchev–Trinajstić information content (AvgIpc) is 2.80. The van der Waals surface area contributed by atoms with Crippen LogP contribution in [0.4, 0.5) is 5.69 Å². The van der Waals surface area contributed by atoms with Crippen molar-refractivity contribution >= 4 is 62.8 Å². The molecule has 0 aliphatic carbocycles. The van der Waals surface area contributed by atoms with Crippen LogP contribution >= 0.6 is 39.1 Å². The second-order valence-corrected chi connectivity index (χ2v) is 8.27. The molecular formula is C23H18BrCl2N3O4. The van der Waals surface area contributed by atoms with Crippen molar-refractivity contribution in [3.63, 3.8) is 0 Å². The van der Waals surface area contributed by atoms with Crippen LogP contribution < -0.4 is 20.2 Å². The Labute approximate surface area is 208 Å². The van der Waals surface area contributed by atoms with Gasteiger partial charge in [0.05, 0.1) is 17.8 Å². The SMILES string of the molecule is COc1cc(C=NNC(=O)C(=O)Nc2ccc(Cl)cc2)cc(Br)c1OCc1ccccc1Cl. The number of hydrogen-bond donors (Lipinski definition) is 2. The summed E-state index contributed by atoms with van der Waals surface area (Å²) in [6.45, 7) is 0.251. The molecule has 0 atom stereocenters. The molecule has 0 saturated heterocycles. The van der Waals surface area contributed by atoms with Gasteiger partial charge in [-0.3, -0.25) is 9.59 Å². The van der Waals surface area contributed by atoms with Gasteiger partial charge < -0.3 is 14.8 Å². The molecule has 0 fully saturated rings. The number of hydrazone groups is 1. The zero-order valence-corrected chi connectivity index (χ0v) is 20.4. The van der Waals surface area contributed by atoms with Gasteiger partial charge in [0.15, 0.2) is 11.5 Å². The maximum atomic E-state index is 12.0. The molecule has 0 aliphatic heterocycles. The van der Waals surface area contributed by atoms with Gasteiger partial charge in [-0.1, -0.05) is 41.4 Å². The first-order valence-corrected chi connectivity index (χ1v) is 11.1. The number of anilines is 1. The Balaban J connectivity index is 1.62. The Morgan fingerprint density at radius 1 is 1.06 bits per heavy atom. The van der Waals surface area contributed by atoms with E-state index in [1.165, 1.54) is 13.3 Å². The van der Waals surface area contributed by atoms with Gasteiger partial charge in [0.25, 0.3) is 0 Å². The topological polar surface area (TPSA) is 89.0 Å². The van der Waals surface area contributed by atoms with E-state index in [1.54, 1.807) is 42.5 Å². The number of carbonyl (C=O) groups excluding carboxylic acids is 2. The van der Waals surface area contributed by atoms with Crippen molar-refractivity contribution in [1.82, 2.24) is 5.43 Å². The predicted molar refractivity (Wildman–Crippen MR) is 132 cm³/mol. The number of halogens is 3. The molecule has 0 heterocycles. The number of rotatable bonds is 7. The zero-order chi connectivity index (χ0) is 23.8. The van der Waals surface area contributed by atoms with E-state index in [9.17, 15) is 9.59 Å². The predicted octanol–water partition coefficient (Wildman–Crippen LogP) is 5.43. The van der Waals surface area contributed by atoms with Crippen molar-refractivity contribution in [3.8, 4) is 11.5 Å². The fourth-order valence-corrected chi connectivity index (χ4v) is 3.55. The first-order chi connectivity index (χ1) is 15.9. The summed E-state index contributed by atoms with van der Waals surface area (Å²) in [5.41, 5.74) is 4.04. The molecule has 0 aromatic heterocycles. The molecule has 3 aromatic carbocycles. The second kappa shape index (κ2) is 11.7. The molecule has 3 rings (SSSR count). The van der Waals surface area contributed by atoms with Gasteiger partial charge in [0.2, 0.25) is 0 Å².